The van der Waals surface area contributed by atoms with Gasteiger partial charge in [-0.15, -0.1) is 0 Å². The largest absolute Gasteiger partial charge is 0.466 e. The van der Waals surface area contributed by atoms with Gasteiger partial charge in [-0.25, -0.2) is 4.79 Å². The van der Waals surface area contributed by atoms with E-state index in [1.165, 1.54) is 7.11 Å². The Hall–Kier alpha value is -2.35. The molecule has 0 saturated carbocycles. The van der Waals surface area contributed by atoms with Gasteiger partial charge in [0.05, 0.1) is 7.11 Å². The molecule has 0 N–H and O–H groups in total. The fourth-order valence-corrected chi connectivity index (χ4v) is 2.13. The predicted molar refractivity (Wildman–Crippen MR) is 81.3 cm³/mol. The molecule has 2 nitrogen and oxygen atoms in total. The average Bonchev–Trinajstić information content (AvgIpc) is 2.53. The maximum Gasteiger partial charge on any atom is 0.334 e. The number of carbonyl (C=O) groups is 1. The van der Waals surface area contributed by atoms with Gasteiger partial charge in [-0.05, 0) is 17.2 Å². The number of esters is 1. The third kappa shape index (κ3) is 3.35. The van der Waals surface area contributed by atoms with Crippen molar-refractivity contribution in [2.75, 3.05) is 7.11 Å². The highest BCUT2D eigenvalue weighted by Gasteiger charge is 2.19. The van der Waals surface area contributed by atoms with Crippen LogP contribution in [0.4, 0.5) is 0 Å². The van der Waals surface area contributed by atoms with E-state index >= 15 is 0 Å². The van der Waals surface area contributed by atoms with Gasteiger partial charge in [0.15, 0.2) is 0 Å². The molecule has 0 bridgehead atoms. The standard InChI is InChI=1S/C18H18O2/c1-14(16-11-7-4-8-12-16)17(18(19)20-2)13-15-9-5-3-6-10-15/h3-14H,1-2H3/b17-13-/t14-/m0/s1. The second-order valence-corrected chi connectivity index (χ2v) is 4.63. The summed E-state index contributed by atoms with van der Waals surface area (Å²) < 4.78 is 4.92. The number of benzene rings is 2. The van der Waals surface area contributed by atoms with Crippen molar-refractivity contribution in [3.05, 3.63) is 77.4 Å². The number of ether oxygens (including phenoxy) is 1. The Labute approximate surface area is 119 Å². The molecule has 0 aliphatic heterocycles. The molecule has 0 amide bonds. The fraction of sp³-hybridized carbons (Fsp3) is 0.167. The van der Waals surface area contributed by atoms with Crippen molar-refractivity contribution in [3.8, 4) is 0 Å². The molecular weight excluding hydrogens is 248 g/mol. The lowest BCUT2D eigenvalue weighted by Gasteiger charge is -2.15. The molecule has 0 heterocycles. The maximum absolute atomic E-state index is 12.0. The molecule has 0 aromatic heterocycles. The summed E-state index contributed by atoms with van der Waals surface area (Å²) in [5, 5.41) is 0. The minimum atomic E-state index is -0.287. The third-order valence-electron chi connectivity index (χ3n) is 3.31. The minimum Gasteiger partial charge on any atom is -0.466 e. The summed E-state index contributed by atoms with van der Waals surface area (Å²) in [6.07, 6.45) is 1.89. The summed E-state index contributed by atoms with van der Waals surface area (Å²) in [6.45, 7) is 2.01. The molecule has 2 aromatic carbocycles. The van der Waals surface area contributed by atoms with Crippen molar-refractivity contribution in [2.24, 2.45) is 0 Å². The van der Waals surface area contributed by atoms with Crippen molar-refractivity contribution in [2.45, 2.75) is 12.8 Å². The van der Waals surface area contributed by atoms with E-state index in [0.29, 0.717) is 5.57 Å². The van der Waals surface area contributed by atoms with Gasteiger partial charge in [-0.2, -0.15) is 0 Å². The fourth-order valence-electron chi connectivity index (χ4n) is 2.13. The van der Waals surface area contributed by atoms with E-state index in [-0.39, 0.29) is 11.9 Å². The Bertz CT molecular complexity index is 585. The Balaban J connectivity index is 2.38. The number of rotatable bonds is 4. The van der Waals surface area contributed by atoms with Crippen molar-refractivity contribution in [1.29, 1.82) is 0 Å². The summed E-state index contributed by atoms with van der Waals surface area (Å²) in [6, 6.07) is 19.8. The van der Waals surface area contributed by atoms with E-state index in [4.69, 9.17) is 4.74 Å². The molecule has 1 atom stereocenters. The minimum absolute atomic E-state index is 0.0103. The van der Waals surface area contributed by atoms with Crippen LogP contribution in [0.1, 0.15) is 24.0 Å². The molecule has 2 aromatic rings. The molecule has 0 unspecified atom stereocenters. The monoisotopic (exact) mass is 266 g/mol. The predicted octanol–water partition coefficient (Wildman–Crippen LogP) is 4.05. The highest BCUT2D eigenvalue weighted by atomic mass is 16.5. The van der Waals surface area contributed by atoms with Crippen molar-refractivity contribution >= 4 is 12.0 Å². The highest BCUT2D eigenvalue weighted by molar-refractivity contribution is 5.95. The van der Waals surface area contributed by atoms with Crippen LogP contribution in [0.25, 0.3) is 6.08 Å². The van der Waals surface area contributed by atoms with Gasteiger partial charge < -0.3 is 4.74 Å². The van der Waals surface area contributed by atoms with E-state index in [9.17, 15) is 4.79 Å². The van der Waals surface area contributed by atoms with Gasteiger partial charge >= 0.3 is 5.97 Å². The summed E-state index contributed by atoms with van der Waals surface area (Å²) in [4.78, 5) is 12.0. The topological polar surface area (TPSA) is 26.3 Å². The SMILES string of the molecule is COC(=O)/C(=C\c1ccccc1)[C@@H](C)c1ccccc1. The molecule has 0 aliphatic carbocycles. The molecule has 2 rings (SSSR count). The van der Waals surface area contributed by atoms with Crippen LogP contribution in [-0.4, -0.2) is 13.1 Å². The van der Waals surface area contributed by atoms with Gasteiger partial charge in [0, 0.05) is 11.5 Å². The Morgan fingerprint density at radius 1 is 1.00 bits per heavy atom. The van der Waals surface area contributed by atoms with Crippen molar-refractivity contribution < 1.29 is 9.53 Å². The van der Waals surface area contributed by atoms with E-state index in [1.54, 1.807) is 0 Å². The first kappa shape index (κ1) is 14.1. The van der Waals surface area contributed by atoms with Gasteiger partial charge in [-0.1, -0.05) is 67.6 Å². The second-order valence-electron chi connectivity index (χ2n) is 4.63. The van der Waals surface area contributed by atoms with Crippen LogP contribution < -0.4 is 0 Å². The van der Waals surface area contributed by atoms with Gasteiger partial charge in [-0.3, -0.25) is 0 Å². The quantitative estimate of drug-likeness (QED) is 0.616. The summed E-state index contributed by atoms with van der Waals surface area (Å²) in [5.41, 5.74) is 2.75. The maximum atomic E-state index is 12.0. The molecular formula is C18H18O2. The van der Waals surface area contributed by atoms with Gasteiger partial charge in [0.1, 0.15) is 0 Å². The van der Waals surface area contributed by atoms with Crippen LogP contribution in [0.15, 0.2) is 66.2 Å². The molecule has 0 saturated heterocycles. The number of hydrogen-bond donors (Lipinski definition) is 0. The van der Waals surface area contributed by atoms with E-state index in [2.05, 4.69) is 0 Å². The first-order valence-corrected chi connectivity index (χ1v) is 6.62. The summed E-state index contributed by atoms with van der Waals surface area (Å²) in [5.74, 6) is -0.297. The normalized spacial score (nSPS) is 12.8. The first-order chi connectivity index (χ1) is 9.72. The zero-order valence-electron chi connectivity index (χ0n) is 11.7. The Morgan fingerprint density at radius 2 is 1.55 bits per heavy atom. The average molecular weight is 266 g/mol. The van der Waals surface area contributed by atoms with Crippen molar-refractivity contribution in [1.82, 2.24) is 0 Å². The van der Waals surface area contributed by atoms with Crippen LogP contribution in [0.2, 0.25) is 0 Å². The van der Waals surface area contributed by atoms with Crippen LogP contribution in [0.3, 0.4) is 0 Å². The summed E-state index contributed by atoms with van der Waals surface area (Å²) >= 11 is 0. The van der Waals surface area contributed by atoms with Gasteiger partial charge in [0.25, 0.3) is 0 Å². The smallest absolute Gasteiger partial charge is 0.334 e. The van der Waals surface area contributed by atoms with E-state index in [0.717, 1.165) is 11.1 Å². The van der Waals surface area contributed by atoms with Gasteiger partial charge in [0.2, 0.25) is 0 Å². The van der Waals surface area contributed by atoms with Crippen molar-refractivity contribution in [3.63, 3.8) is 0 Å². The number of methoxy groups -OCH3 is 1. The lowest BCUT2D eigenvalue weighted by molar-refractivity contribution is -0.136. The molecule has 0 aliphatic rings. The zero-order chi connectivity index (χ0) is 14.4. The zero-order valence-corrected chi connectivity index (χ0v) is 11.7. The lowest BCUT2D eigenvalue weighted by atomic mass is 9.91. The van der Waals surface area contributed by atoms with Crippen LogP contribution in [0.5, 0.6) is 0 Å². The third-order valence-corrected chi connectivity index (χ3v) is 3.31. The highest BCUT2D eigenvalue weighted by Crippen LogP contribution is 2.26. The van der Waals surface area contributed by atoms with Crippen LogP contribution >= 0.6 is 0 Å². The van der Waals surface area contributed by atoms with Crippen LogP contribution in [0, 0.1) is 0 Å². The first-order valence-electron chi connectivity index (χ1n) is 6.62. The Kier molecular flexibility index (Phi) is 4.72. The Morgan fingerprint density at radius 3 is 2.10 bits per heavy atom. The molecule has 2 heteroatoms. The molecule has 20 heavy (non-hydrogen) atoms. The molecule has 0 fully saturated rings. The molecule has 102 valence electrons. The van der Waals surface area contributed by atoms with E-state index in [1.807, 2.05) is 73.7 Å². The number of carbonyl (C=O) groups excluding carboxylic acids is 1. The number of hydrogen-bond acceptors (Lipinski definition) is 2. The molecule has 0 spiro atoms. The summed E-state index contributed by atoms with van der Waals surface area (Å²) in [7, 11) is 1.42. The molecule has 0 radical (unpaired) electrons. The van der Waals surface area contributed by atoms with E-state index < -0.39 is 0 Å². The van der Waals surface area contributed by atoms with Crippen LogP contribution in [-0.2, 0) is 9.53 Å². The second kappa shape index (κ2) is 6.71. The lowest BCUT2D eigenvalue weighted by Crippen LogP contribution is -2.11.